The van der Waals surface area contributed by atoms with Crippen molar-refractivity contribution in [3.05, 3.63) is 41.7 Å². The van der Waals surface area contributed by atoms with Crippen molar-refractivity contribution in [3.8, 4) is 0 Å². The zero-order valence-electron chi connectivity index (χ0n) is 8.59. The standard InChI is InChI=1S/C11H11N3OS/c15-10(14-11-13-6-7-16-11)4-3-9-2-1-5-12-8-9/h1-2,5-8H,3-4H2,(H,13,14,15). The van der Waals surface area contributed by atoms with Gasteiger partial charge in [0.25, 0.3) is 0 Å². The van der Waals surface area contributed by atoms with Gasteiger partial charge in [-0.05, 0) is 18.1 Å². The lowest BCUT2D eigenvalue weighted by Crippen LogP contribution is -2.12. The van der Waals surface area contributed by atoms with E-state index in [4.69, 9.17) is 0 Å². The summed E-state index contributed by atoms with van der Waals surface area (Å²) >= 11 is 1.42. The van der Waals surface area contributed by atoms with Crippen LogP contribution in [0.5, 0.6) is 0 Å². The van der Waals surface area contributed by atoms with Gasteiger partial charge in [0.05, 0.1) is 0 Å². The molecule has 0 aliphatic rings. The lowest BCUT2D eigenvalue weighted by Gasteiger charge is -2.01. The third-order valence-corrected chi connectivity index (χ3v) is 2.73. The molecule has 4 nitrogen and oxygen atoms in total. The van der Waals surface area contributed by atoms with Gasteiger partial charge in [-0.2, -0.15) is 0 Å². The zero-order chi connectivity index (χ0) is 11.2. The van der Waals surface area contributed by atoms with E-state index in [1.54, 1.807) is 18.6 Å². The largest absolute Gasteiger partial charge is 0.302 e. The number of anilines is 1. The fraction of sp³-hybridized carbons (Fsp3) is 0.182. The smallest absolute Gasteiger partial charge is 0.226 e. The van der Waals surface area contributed by atoms with E-state index in [2.05, 4.69) is 15.3 Å². The summed E-state index contributed by atoms with van der Waals surface area (Å²) < 4.78 is 0. The van der Waals surface area contributed by atoms with E-state index in [1.807, 2.05) is 17.5 Å². The van der Waals surface area contributed by atoms with E-state index < -0.39 is 0 Å². The number of aryl methyl sites for hydroxylation is 1. The monoisotopic (exact) mass is 233 g/mol. The number of amides is 1. The van der Waals surface area contributed by atoms with Crippen molar-refractivity contribution in [1.29, 1.82) is 0 Å². The number of carbonyl (C=O) groups excluding carboxylic acids is 1. The topological polar surface area (TPSA) is 54.9 Å². The second-order valence-electron chi connectivity index (χ2n) is 3.25. The van der Waals surface area contributed by atoms with E-state index in [1.165, 1.54) is 11.3 Å². The molecule has 2 aromatic rings. The van der Waals surface area contributed by atoms with Crippen LogP contribution in [0.2, 0.25) is 0 Å². The number of hydrogen-bond donors (Lipinski definition) is 1. The Balaban J connectivity index is 1.80. The highest BCUT2D eigenvalue weighted by Gasteiger charge is 2.04. The lowest BCUT2D eigenvalue weighted by molar-refractivity contribution is -0.116. The first kappa shape index (κ1) is 10.8. The number of nitrogens with one attached hydrogen (secondary N) is 1. The first-order valence-electron chi connectivity index (χ1n) is 4.93. The third kappa shape index (κ3) is 3.13. The number of thiazole rings is 1. The molecule has 0 fully saturated rings. The maximum Gasteiger partial charge on any atom is 0.226 e. The molecule has 2 heterocycles. The van der Waals surface area contributed by atoms with Crippen LogP contribution < -0.4 is 5.32 Å². The summed E-state index contributed by atoms with van der Waals surface area (Å²) in [5.74, 6) is -0.0150. The molecular weight excluding hydrogens is 222 g/mol. The zero-order valence-corrected chi connectivity index (χ0v) is 9.41. The number of carbonyl (C=O) groups is 1. The fourth-order valence-electron chi connectivity index (χ4n) is 1.27. The highest BCUT2D eigenvalue weighted by atomic mass is 32.1. The summed E-state index contributed by atoms with van der Waals surface area (Å²) in [7, 11) is 0. The lowest BCUT2D eigenvalue weighted by atomic mass is 10.1. The second kappa shape index (κ2) is 5.37. The van der Waals surface area contributed by atoms with Crippen molar-refractivity contribution in [1.82, 2.24) is 9.97 Å². The molecule has 0 unspecified atom stereocenters. The fourth-order valence-corrected chi connectivity index (χ4v) is 1.82. The predicted molar refractivity (Wildman–Crippen MR) is 63.3 cm³/mol. The van der Waals surface area contributed by atoms with E-state index in [-0.39, 0.29) is 5.91 Å². The molecule has 82 valence electrons. The van der Waals surface area contributed by atoms with Crippen LogP contribution >= 0.6 is 11.3 Å². The molecule has 5 heteroatoms. The summed E-state index contributed by atoms with van der Waals surface area (Å²) in [4.78, 5) is 19.5. The Morgan fingerprint density at radius 2 is 2.38 bits per heavy atom. The van der Waals surface area contributed by atoms with Crippen molar-refractivity contribution in [2.45, 2.75) is 12.8 Å². The molecule has 0 radical (unpaired) electrons. The van der Waals surface area contributed by atoms with Gasteiger partial charge in [-0.25, -0.2) is 4.98 Å². The summed E-state index contributed by atoms with van der Waals surface area (Å²) in [5, 5.41) is 5.22. The van der Waals surface area contributed by atoms with Crippen molar-refractivity contribution in [2.24, 2.45) is 0 Å². The average Bonchev–Trinajstić information content (AvgIpc) is 2.81. The van der Waals surface area contributed by atoms with Gasteiger partial charge in [0, 0.05) is 30.4 Å². The summed E-state index contributed by atoms with van der Waals surface area (Å²) in [5.41, 5.74) is 1.07. The highest BCUT2D eigenvalue weighted by molar-refractivity contribution is 7.13. The number of aromatic nitrogens is 2. The quantitative estimate of drug-likeness (QED) is 0.880. The number of nitrogens with zero attached hydrogens (tertiary/aromatic N) is 2. The SMILES string of the molecule is O=C(CCc1cccnc1)Nc1nccs1. The van der Waals surface area contributed by atoms with Gasteiger partial charge in [-0.1, -0.05) is 6.07 Å². The van der Waals surface area contributed by atoms with Gasteiger partial charge in [0.1, 0.15) is 0 Å². The van der Waals surface area contributed by atoms with E-state index in [9.17, 15) is 4.79 Å². The minimum atomic E-state index is -0.0150. The Kier molecular flexibility index (Phi) is 3.61. The molecule has 0 aliphatic heterocycles. The first-order chi connectivity index (χ1) is 7.84. The van der Waals surface area contributed by atoms with Gasteiger partial charge in [-0.15, -0.1) is 11.3 Å². The number of pyridine rings is 1. The Morgan fingerprint density at radius 3 is 3.06 bits per heavy atom. The van der Waals surface area contributed by atoms with Gasteiger partial charge in [-0.3, -0.25) is 9.78 Å². The first-order valence-corrected chi connectivity index (χ1v) is 5.81. The van der Waals surface area contributed by atoms with Crippen LogP contribution in [-0.2, 0) is 11.2 Å². The van der Waals surface area contributed by atoms with E-state index >= 15 is 0 Å². The molecule has 0 saturated heterocycles. The second-order valence-corrected chi connectivity index (χ2v) is 4.14. The molecule has 2 rings (SSSR count). The van der Waals surface area contributed by atoms with Crippen molar-refractivity contribution in [3.63, 3.8) is 0 Å². The molecule has 2 aromatic heterocycles. The Morgan fingerprint density at radius 1 is 1.44 bits per heavy atom. The maximum atomic E-state index is 11.5. The Labute approximate surface area is 97.4 Å². The molecule has 0 saturated carbocycles. The average molecular weight is 233 g/mol. The van der Waals surface area contributed by atoms with Gasteiger partial charge < -0.3 is 5.32 Å². The molecule has 1 N–H and O–H groups in total. The van der Waals surface area contributed by atoms with Gasteiger partial charge in [0.15, 0.2) is 5.13 Å². The summed E-state index contributed by atoms with van der Waals surface area (Å²) in [6.07, 6.45) is 6.31. The van der Waals surface area contributed by atoms with Crippen molar-refractivity contribution >= 4 is 22.4 Å². The van der Waals surface area contributed by atoms with Gasteiger partial charge >= 0.3 is 0 Å². The summed E-state index contributed by atoms with van der Waals surface area (Å²) in [6.45, 7) is 0. The Hall–Kier alpha value is -1.75. The predicted octanol–water partition coefficient (Wildman–Crippen LogP) is 2.11. The normalized spacial score (nSPS) is 10.0. The molecule has 0 aliphatic carbocycles. The summed E-state index contributed by atoms with van der Waals surface area (Å²) in [6, 6.07) is 3.83. The minimum Gasteiger partial charge on any atom is -0.302 e. The molecule has 1 amide bonds. The van der Waals surface area contributed by atoms with Crippen LogP contribution in [0, 0.1) is 0 Å². The molecule has 0 aromatic carbocycles. The van der Waals surface area contributed by atoms with Crippen molar-refractivity contribution < 1.29 is 4.79 Å². The van der Waals surface area contributed by atoms with Crippen LogP contribution in [0.1, 0.15) is 12.0 Å². The van der Waals surface area contributed by atoms with Crippen LogP contribution in [0.25, 0.3) is 0 Å². The van der Waals surface area contributed by atoms with Crippen molar-refractivity contribution in [2.75, 3.05) is 5.32 Å². The van der Waals surface area contributed by atoms with Crippen LogP contribution in [0.4, 0.5) is 5.13 Å². The van der Waals surface area contributed by atoms with Gasteiger partial charge in [0.2, 0.25) is 5.91 Å². The number of rotatable bonds is 4. The molecule has 0 spiro atoms. The molecule has 0 bridgehead atoms. The van der Waals surface area contributed by atoms with Crippen LogP contribution in [0.3, 0.4) is 0 Å². The number of hydrogen-bond acceptors (Lipinski definition) is 4. The maximum absolute atomic E-state index is 11.5. The molecule has 0 atom stereocenters. The highest BCUT2D eigenvalue weighted by Crippen LogP contribution is 2.11. The van der Waals surface area contributed by atoms with Crippen LogP contribution in [-0.4, -0.2) is 15.9 Å². The molecule has 16 heavy (non-hydrogen) atoms. The van der Waals surface area contributed by atoms with E-state index in [0.717, 1.165) is 5.56 Å². The van der Waals surface area contributed by atoms with Crippen LogP contribution in [0.15, 0.2) is 36.1 Å². The minimum absolute atomic E-state index is 0.0150. The third-order valence-electron chi connectivity index (χ3n) is 2.04. The van der Waals surface area contributed by atoms with E-state index in [0.29, 0.717) is 18.0 Å². The molecular formula is C11H11N3OS. The Bertz CT molecular complexity index is 442.